The van der Waals surface area contributed by atoms with E-state index in [1.54, 1.807) is 18.2 Å². The number of benzene rings is 1. The third-order valence-electron chi connectivity index (χ3n) is 2.67. The van der Waals surface area contributed by atoms with Crippen LogP contribution in [0.5, 0.6) is 5.75 Å². The molecule has 0 atom stereocenters. The quantitative estimate of drug-likeness (QED) is 0.880. The van der Waals surface area contributed by atoms with Crippen molar-refractivity contribution in [2.75, 3.05) is 7.11 Å². The highest BCUT2D eigenvalue weighted by atomic mass is 16.5. The molecule has 0 saturated heterocycles. The Morgan fingerprint density at radius 3 is 2.78 bits per heavy atom. The van der Waals surface area contributed by atoms with E-state index in [2.05, 4.69) is 5.10 Å². The molecule has 1 aromatic heterocycles. The monoisotopic (exact) mass is 248 g/mol. The summed E-state index contributed by atoms with van der Waals surface area (Å²) in [5.74, 6) is -0.728. The van der Waals surface area contributed by atoms with Crippen LogP contribution in [0.4, 0.5) is 0 Å². The number of carboxylic acid groups (broad SMARTS) is 1. The maximum Gasteiger partial charge on any atom is 0.360 e. The molecule has 0 spiro atoms. The van der Waals surface area contributed by atoms with Gasteiger partial charge in [-0.1, -0.05) is 0 Å². The van der Waals surface area contributed by atoms with Crippen molar-refractivity contribution in [1.29, 1.82) is 0 Å². The van der Waals surface area contributed by atoms with Gasteiger partial charge in [0.05, 0.1) is 18.0 Å². The van der Waals surface area contributed by atoms with Crippen molar-refractivity contribution in [2.45, 2.75) is 13.5 Å². The fourth-order valence-corrected chi connectivity index (χ4v) is 1.77. The first-order valence-corrected chi connectivity index (χ1v) is 5.40. The van der Waals surface area contributed by atoms with Gasteiger partial charge in [0, 0.05) is 12.6 Å². The summed E-state index contributed by atoms with van der Waals surface area (Å²) < 4.78 is 6.55. The van der Waals surface area contributed by atoms with Crippen LogP contribution in [0.1, 0.15) is 17.4 Å². The number of fused-ring (bicyclic) bond motifs is 1. The van der Waals surface area contributed by atoms with Crippen LogP contribution in [-0.4, -0.2) is 28.0 Å². The lowest BCUT2D eigenvalue weighted by Gasteiger charge is -2.09. The summed E-state index contributed by atoms with van der Waals surface area (Å²) in [4.78, 5) is 22.9. The Kier molecular flexibility index (Phi) is 3.01. The highest BCUT2D eigenvalue weighted by Crippen LogP contribution is 2.18. The lowest BCUT2D eigenvalue weighted by molar-refractivity contribution is 0.0686. The van der Waals surface area contributed by atoms with Crippen molar-refractivity contribution in [3.05, 3.63) is 34.1 Å². The van der Waals surface area contributed by atoms with Crippen LogP contribution >= 0.6 is 0 Å². The molecule has 2 aromatic rings. The van der Waals surface area contributed by atoms with Crippen LogP contribution in [-0.2, 0) is 6.54 Å². The number of hydrogen-bond donors (Lipinski definition) is 1. The number of aromatic carboxylic acids is 1. The molecule has 2 rings (SSSR count). The topological polar surface area (TPSA) is 81.4 Å². The minimum Gasteiger partial charge on any atom is -0.497 e. The molecule has 1 aromatic carbocycles. The van der Waals surface area contributed by atoms with E-state index in [0.717, 1.165) is 0 Å². The molecule has 0 radical (unpaired) electrons. The first-order chi connectivity index (χ1) is 8.58. The van der Waals surface area contributed by atoms with Crippen LogP contribution < -0.4 is 10.2 Å². The van der Waals surface area contributed by atoms with Crippen molar-refractivity contribution in [1.82, 2.24) is 9.78 Å². The van der Waals surface area contributed by atoms with Crippen molar-refractivity contribution < 1.29 is 14.6 Å². The summed E-state index contributed by atoms with van der Waals surface area (Å²) in [6, 6.07) is 4.84. The zero-order valence-corrected chi connectivity index (χ0v) is 10.0. The summed E-state index contributed by atoms with van der Waals surface area (Å²) in [5.41, 5.74) is -0.480. The van der Waals surface area contributed by atoms with Gasteiger partial charge in [0.15, 0.2) is 0 Å². The average molecular weight is 248 g/mol. The summed E-state index contributed by atoms with van der Waals surface area (Å²) in [5, 5.41) is 13.1. The van der Waals surface area contributed by atoms with Crippen LogP contribution in [0.3, 0.4) is 0 Å². The maximum atomic E-state index is 11.9. The largest absolute Gasteiger partial charge is 0.497 e. The summed E-state index contributed by atoms with van der Waals surface area (Å²) in [6.07, 6.45) is 0. The molecule has 94 valence electrons. The lowest BCUT2D eigenvalue weighted by Crippen LogP contribution is -2.22. The number of carbonyl (C=O) groups is 1. The van der Waals surface area contributed by atoms with E-state index in [1.165, 1.54) is 11.8 Å². The van der Waals surface area contributed by atoms with E-state index in [-0.39, 0.29) is 0 Å². The van der Waals surface area contributed by atoms with E-state index >= 15 is 0 Å². The minimum atomic E-state index is -1.32. The summed E-state index contributed by atoms with van der Waals surface area (Å²) in [6.45, 7) is 2.28. The smallest absolute Gasteiger partial charge is 0.360 e. The van der Waals surface area contributed by atoms with Gasteiger partial charge in [-0.2, -0.15) is 5.10 Å². The van der Waals surface area contributed by atoms with Crippen LogP contribution in [0.25, 0.3) is 10.9 Å². The van der Waals surface area contributed by atoms with Crippen molar-refractivity contribution >= 4 is 16.9 Å². The fraction of sp³-hybridized carbons (Fsp3) is 0.250. The van der Waals surface area contributed by atoms with Gasteiger partial charge in [0.1, 0.15) is 5.75 Å². The summed E-state index contributed by atoms with van der Waals surface area (Å²) in [7, 11) is 1.52. The number of carboxylic acids is 1. The predicted octanol–water partition coefficient (Wildman–Crippen LogP) is 1.12. The van der Waals surface area contributed by atoms with Gasteiger partial charge < -0.3 is 9.84 Å². The second kappa shape index (κ2) is 4.48. The molecule has 0 aliphatic carbocycles. The molecule has 0 bridgehead atoms. The highest BCUT2D eigenvalue weighted by molar-refractivity contribution is 5.90. The SMILES string of the molecule is CCn1nc(C(=O)O)c(=O)c2ccc(OC)cc21. The molecule has 0 aliphatic rings. The molecule has 6 heteroatoms. The Morgan fingerprint density at radius 1 is 1.50 bits per heavy atom. The van der Waals surface area contributed by atoms with Crippen molar-refractivity contribution in [3.8, 4) is 5.75 Å². The lowest BCUT2D eigenvalue weighted by atomic mass is 10.2. The Balaban J connectivity index is 2.88. The van der Waals surface area contributed by atoms with Crippen LogP contribution in [0, 0.1) is 0 Å². The predicted molar refractivity (Wildman–Crippen MR) is 65.2 cm³/mol. The number of ether oxygens (including phenoxy) is 1. The van der Waals surface area contributed by atoms with Crippen molar-refractivity contribution in [3.63, 3.8) is 0 Å². The fourth-order valence-electron chi connectivity index (χ4n) is 1.77. The maximum absolute atomic E-state index is 11.9. The highest BCUT2D eigenvalue weighted by Gasteiger charge is 2.16. The first kappa shape index (κ1) is 12.1. The zero-order chi connectivity index (χ0) is 13.3. The second-order valence-electron chi connectivity index (χ2n) is 3.68. The first-order valence-electron chi connectivity index (χ1n) is 5.40. The molecule has 6 nitrogen and oxygen atoms in total. The Bertz CT molecular complexity index is 676. The molecule has 0 unspecified atom stereocenters. The molecule has 18 heavy (non-hydrogen) atoms. The van der Waals surface area contributed by atoms with Gasteiger partial charge in [0.25, 0.3) is 0 Å². The third-order valence-corrected chi connectivity index (χ3v) is 2.67. The van der Waals surface area contributed by atoms with E-state index in [0.29, 0.717) is 23.2 Å². The van der Waals surface area contributed by atoms with E-state index in [4.69, 9.17) is 9.84 Å². The average Bonchev–Trinajstić information content (AvgIpc) is 2.38. The number of rotatable bonds is 3. The Morgan fingerprint density at radius 2 is 2.22 bits per heavy atom. The van der Waals surface area contributed by atoms with Gasteiger partial charge in [-0.05, 0) is 19.1 Å². The van der Waals surface area contributed by atoms with Gasteiger partial charge >= 0.3 is 5.97 Å². The minimum absolute atomic E-state index is 0.324. The molecular weight excluding hydrogens is 236 g/mol. The zero-order valence-electron chi connectivity index (χ0n) is 10.0. The second-order valence-corrected chi connectivity index (χ2v) is 3.68. The number of aromatic nitrogens is 2. The van der Waals surface area contributed by atoms with E-state index in [1.807, 2.05) is 6.92 Å². The van der Waals surface area contributed by atoms with Crippen molar-refractivity contribution in [2.24, 2.45) is 0 Å². The number of aryl methyl sites for hydroxylation is 1. The van der Waals surface area contributed by atoms with Gasteiger partial charge in [-0.3, -0.25) is 9.48 Å². The van der Waals surface area contributed by atoms with E-state index in [9.17, 15) is 9.59 Å². The molecule has 0 saturated carbocycles. The number of nitrogens with zero attached hydrogens (tertiary/aromatic N) is 2. The van der Waals surface area contributed by atoms with Crippen LogP contribution in [0.15, 0.2) is 23.0 Å². The molecule has 0 aliphatic heterocycles. The van der Waals surface area contributed by atoms with Gasteiger partial charge in [-0.25, -0.2) is 4.79 Å². The molecule has 1 N–H and O–H groups in total. The van der Waals surface area contributed by atoms with Gasteiger partial charge in [-0.15, -0.1) is 0 Å². The molecular formula is C12H12N2O4. The molecule has 0 fully saturated rings. The normalized spacial score (nSPS) is 10.6. The number of methoxy groups -OCH3 is 1. The molecule has 0 amide bonds. The Labute approximate surface area is 102 Å². The van der Waals surface area contributed by atoms with Gasteiger partial charge in [0.2, 0.25) is 11.1 Å². The molecule has 1 heterocycles. The van der Waals surface area contributed by atoms with E-state index < -0.39 is 17.1 Å². The van der Waals surface area contributed by atoms with Crippen LogP contribution in [0.2, 0.25) is 0 Å². The Hall–Kier alpha value is -2.37. The summed E-state index contributed by atoms with van der Waals surface area (Å²) >= 11 is 0. The number of hydrogen-bond acceptors (Lipinski definition) is 4. The standard InChI is InChI=1S/C12H12N2O4/c1-3-14-9-6-7(18-2)4-5-8(9)11(15)10(13-14)12(16)17/h4-6H,3H2,1-2H3,(H,16,17). The third kappa shape index (κ3) is 1.81.